The third kappa shape index (κ3) is 2.72. The van der Waals surface area contributed by atoms with Gasteiger partial charge < -0.3 is 10.6 Å². The van der Waals surface area contributed by atoms with Crippen LogP contribution >= 0.6 is 0 Å². The van der Waals surface area contributed by atoms with Gasteiger partial charge in [0.15, 0.2) is 0 Å². The van der Waals surface area contributed by atoms with Gasteiger partial charge in [-0.3, -0.25) is 4.79 Å². The lowest BCUT2D eigenvalue weighted by atomic mass is 9.97. The molecule has 0 aliphatic carbocycles. The molecule has 1 amide bonds. The molecule has 1 aromatic carbocycles. The minimum Gasteiger partial charge on any atom is -0.348 e. The Morgan fingerprint density at radius 2 is 2.17 bits per heavy atom. The third-order valence-corrected chi connectivity index (χ3v) is 3.79. The van der Waals surface area contributed by atoms with E-state index >= 15 is 0 Å². The lowest BCUT2D eigenvalue weighted by molar-refractivity contribution is -0.127. The van der Waals surface area contributed by atoms with Crippen molar-refractivity contribution in [1.29, 1.82) is 0 Å². The van der Waals surface area contributed by atoms with Crippen molar-refractivity contribution in [2.45, 2.75) is 44.7 Å². The van der Waals surface area contributed by atoms with Crippen LogP contribution in [-0.2, 0) is 4.79 Å². The van der Waals surface area contributed by atoms with E-state index in [1.807, 2.05) is 25.1 Å². The normalized spacial score (nSPS) is 24.8. The molecule has 1 fully saturated rings. The fraction of sp³-hybridized carbons (Fsp3) is 0.533. The maximum Gasteiger partial charge on any atom is 0.240 e. The van der Waals surface area contributed by atoms with E-state index in [1.54, 1.807) is 0 Å². The van der Waals surface area contributed by atoms with Crippen LogP contribution < -0.4 is 10.6 Å². The van der Waals surface area contributed by atoms with Gasteiger partial charge in [0.05, 0.1) is 11.6 Å². The SMILES string of the molecule is CCC(NC(=O)C1(C)CCCN1)c1ccccc1. The van der Waals surface area contributed by atoms with Crippen molar-refractivity contribution < 1.29 is 4.79 Å². The zero-order valence-corrected chi connectivity index (χ0v) is 11.2. The lowest BCUT2D eigenvalue weighted by Gasteiger charge is -2.27. The van der Waals surface area contributed by atoms with Crippen molar-refractivity contribution in [3.05, 3.63) is 35.9 Å². The van der Waals surface area contributed by atoms with Crippen LogP contribution in [0.15, 0.2) is 30.3 Å². The molecule has 2 unspecified atom stereocenters. The van der Waals surface area contributed by atoms with Crippen LogP contribution in [-0.4, -0.2) is 18.0 Å². The summed E-state index contributed by atoms with van der Waals surface area (Å²) in [6.45, 7) is 5.03. The van der Waals surface area contributed by atoms with Crippen LogP contribution in [0.3, 0.4) is 0 Å². The zero-order chi connectivity index (χ0) is 13.0. The lowest BCUT2D eigenvalue weighted by Crippen LogP contribution is -2.51. The first-order valence-corrected chi connectivity index (χ1v) is 6.76. The van der Waals surface area contributed by atoms with Gasteiger partial charge in [-0.25, -0.2) is 0 Å². The second-order valence-corrected chi connectivity index (χ2v) is 5.21. The van der Waals surface area contributed by atoms with Gasteiger partial charge in [0.1, 0.15) is 0 Å². The first kappa shape index (κ1) is 13.1. The highest BCUT2D eigenvalue weighted by atomic mass is 16.2. The first-order chi connectivity index (χ1) is 8.65. The predicted molar refractivity (Wildman–Crippen MR) is 73.3 cm³/mol. The average Bonchev–Trinajstić information content (AvgIpc) is 2.85. The Kier molecular flexibility index (Phi) is 4.02. The van der Waals surface area contributed by atoms with Gasteiger partial charge >= 0.3 is 0 Å². The smallest absolute Gasteiger partial charge is 0.240 e. The summed E-state index contributed by atoms with van der Waals surface area (Å²) in [6, 6.07) is 10.3. The quantitative estimate of drug-likeness (QED) is 0.856. The minimum absolute atomic E-state index is 0.109. The molecule has 1 aliphatic heterocycles. The molecule has 2 N–H and O–H groups in total. The Morgan fingerprint density at radius 1 is 1.44 bits per heavy atom. The van der Waals surface area contributed by atoms with E-state index in [0.717, 1.165) is 25.8 Å². The number of carbonyl (C=O) groups is 1. The van der Waals surface area contributed by atoms with Crippen LogP contribution in [0.2, 0.25) is 0 Å². The van der Waals surface area contributed by atoms with Crippen LogP contribution in [0, 0.1) is 0 Å². The average molecular weight is 246 g/mol. The molecule has 18 heavy (non-hydrogen) atoms. The summed E-state index contributed by atoms with van der Waals surface area (Å²) in [7, 11) is 0. The zero-order valence-electron chi connectivity index (χ0n) is 11.2. The summed E-state index contributed by atoms with van der Waals surface area (Å²) in [5.74, 6) is 0.121. The molecule has 2 atom stereocenters. The standard InChI is InChI=1S/C15H22N2O/c1-3-13(12-8-5-4-6-9-12)17-14(18)15(2)10-7-11-16-15/h4-6,8-9,13,16H,3,7,10-11H2,1-2H3,(H,17,18). The number of benzene rings is 1. The number of carbonyl (C=O) groups excluding carboxylic acids is 1. The summed E-state index contributed by atoms with van der Waals surface area (Å²) in [5.41, 5.74) is 0.789. The number of hydrogen-bond acceptors (Lipinski definition) is 2. The highest BCUT2D eigenvalue weighted by Gasteiger charge is 2.36. The van der Waals surface area contributed by atoms with Crippen molar-refractivity contribution in [2.24, 2.45) is 0 Å². The van der Waals surface area contributed by atoms with Gasteiger partial charge in [0.2, 0.25) is 5.91 Å². The topological polar surface area (TPSA) is 41.1 Å². The summed E-state index contributed by atoms with van der Waals surface area (Å²) in [6.07, 6.45) is 2.90. The largest absolute Gasteiger partial charge is 0.348 e. The van der Waals surface area contributed by atoms with Crippen LogP contribution in [0.5, 0.6) is 0 Å². The maximum atomic E-state index is 12.3. The molecular formula is C15H22N2O. The Morgan fingerprint density at radius 3 is 2.72 bits per heavy atom. The summed E-state index contributed by atoms with van der Waals surface area (Å²) in [5, 5.41) is 6.47. The van der Waals surface area contributed by atoms with Crippen molar-refractivity contribution in [1.82, 2.24) is 10.6 Å². The van der Waals surface area contributed by atoms with Gasteiger partial charge in [-0.15, -0.1) is 0 Å². The molecule has 3 heteroatoms. The first-order valence-electron chi connectivity index (χ1n) is 6.76. The number of amides is 1. The van der Waals surface area contributed by atoms with E-state index in [2.05, 4.69) is 29.7 Å². The van der Waals surface area contributed by atoms with Gasteiger partial charge in [-0.2, -0.15) is 0 Å². The molecule has 1 aromatic rings. The van der Waals surface area contributed by atoms with E-state index in [0.29, 0.717) is 0 Å². The van der Waals surface area contributed by atoms with Crippen LogP contribution in [0.1, 0.15) is 44.7 Å². The molecule has 3 nitrogen and oxygen atoms in total. The van der Waals surface area contributed by atoms with Gasteiger partial charge in [-0.1, -0.05) is 37.3 Å². The Labute approximate surface area is 109 Å². The summed E-state index contributed by atoms with van der Waals surface area (Å²) < 4.78 is 0. The molecule has 1 aliphatic rings. The molecular weight excluding hydrogens is 224 g/mol. The maximum absolute atomic E-state index is 12.3. The van der Waals surface area contributed by atoms with Crippen LogP contribution in [0.4, 0.5) is 0 Å². The van der Waals surface area contributed by atoms with E-state index in [9.17, 15) is 4.79 Å². The van der Waals surface area contributed by atoms with Crippen molar-refractivity contribution in [2.75, 3.05) is 6.54 Å². The highest BCUT2D eigenvalue weighted by molar-refractivity contribution is 5.86. The molecule has 0 bridgehead atoms. The van der Waals surface area contributed by atoms with Gasteiger partial charge in [0, 0.05) is 0 Å². The molecule has 2 rings (SSSR count). The van der Waals surface area contributed by atoms with Crippen molar-refractivity contribution >= 4 is 5.91 Å². The third-order valence-electron chi connectivity index (χ3n) is 3.79. The Hall–Kier alpha value is -1.35. The van der Waals surface area contributed by atoms with E-state index in [-0.39, 0.29) is 17.5 Å². The van der Waals surface area contributed by atoms with Crippen molar-refractivity contribution in [3.8, 4) is 0 Å². The molecule has 0 saturated carbocycles. The summed E-state index contributed by atoms with van der Waals surface area (Å²) >= 11 is 0. The van der Waals surface area contributed by atoms with Crippen molar-refractivity contribution in [3.63, 3.8) is 0 Å². The van der Waals surface area contributed by atoms with Gasteiger partial charge in [0.25, 0.3) is 0 Å². The summed E-state index contributed by atoms with van der Waals surface area (Å²) in [4.78, 5) is 12.3. The molecule has 1 saturated heterocycles. The minimum atomic E-state index is -0.387. The second kappa shape index (κ2) is 5.53. The molecule has 0 radical (unpaired) electrons. The molecule has 98 valence electrons. The van der Waals surface area contributed by atoms with Gasteiger partial charge in [-0.05, 0) is 38.3 Å². The number of hydrogen-bond donors (Lipinski definition) is 2. The molecule has 0 spiro atoms. The number of rotatable bonds is 4. The van der Waals surface area contributed by atoms with E-state index in [4.69, 9.17) is 0 Å². The second-order valence-electron chi connectivity index (χ2n) is 5.21. The Bertz CT molecular complexity index is 396. The van der Waals surface area contributed by atoms with E-state index < -0.39 is 0 Å². The molecule has 0 aromatic heterocycles. The predicted octanol–water partition coefficient (Wildman–Crippen LogP) is 2.40. The monoisotopic (exact) mass is 246 g/mol. The highest BCUT2D eigenvalue weighted by Crippen LogP contribution is 2.22. The van der Waals surface area contributed by atoms with E-state index in [1.165, 1.54) is 5.56 Å². The van der Waals surface area contributed by atoms with Crippen LogP contribution in [0.25, 0.3) is 0 Å². The Balaban J connectivity index is 2.05. The molecule has 1 heterocycles. The number of nitrogens with one attached hydrogen (secondary N) is 2. The fourth-order valence-corrected chi connectivity index (χ4v) is 2.51. The fourth-order valence-electron chi connectivity index (χ4n) is 2.51.